The van der Waals surface area contributed by atoms with Gasteiger partial charge in [-0.1, -0.05) is 6.92 Å². The van der Waals surface area contributed by atoms with Gasteiger partial charge in [-0.3, -0.25) is 14.6 Å². The summed E-state index contributed by atoms with van der Waals surface area (Å²) in [4.78, 5) is 28.7. The van der Waals surface area contributed by atoms with Crippen molar-refractivity contribution in [3.63, 3.8) is 0 Å². The van der Waals surface area contributed by atoms with E-state index in [1.807, 2.05) is 6.92 Å². The zero-order chi connectivity index (χ0) is 13.3. The number of pyridine rings is 1. The lowest BCUT2D eigenvalue weighted by Crippen LogP contribution is -2.30. The van der Waals surface area contributed by atoms with Crippen molar-refractivity contribution < 1.29 is 14.7 Å². The number of nitrogens with zero attached hydrogens (tertiary/aromatic N) is 2. The second kappa shape index (κ2) is 5.06. The number of halogens is 1. The van der Waals surface area contributed by atoms with Crippen LogP contribution in [0.5, 0.6) is 0 Å². The zero-order valence-electron chi connectivity index (χ0n) is 9.84. The predicted octanol–water partition coefficient (Wildman–Crippen LogP) is 1.64. The van der Waals surface area contributed by atoms with Gasteiger partial charge in [-0.25, -0.2) is 0 Å². The van der Waals surface area contributed by atoms with E-state index in [4.69, 9.17) is 5.11 Å². The summed E-state index contributed by atoms with van der Waals surface area (Å²) in [6.45, 7) is 2.59. The lowest BCUT2D eigenvalue weighted by Gasteiger charge is -2.15. The number of aromatic nitrogens is 1. The molecule has 1 aliphatic rings. The van der Waals surface area contributed by atoms with Gasteiger partial charge in [0.2, 0.25) is 0 Å². The largest absolute Gasteiger partial charge is 0.481 e. The van der Waals surface area contributed by atoms with Crippen LogP contribution in [0.25, 0.3) is 0 Å². The van der Waals surface area contributed by atoms with Crippen molar-refractivity contribution in [2.45, 2.75) is 6.92 Å². The Balaban J connectivity index is 2.14. The molecule has 1 aromatic rings. The predicted molar refractivity (Wildman–Crippen MR) is 68.1 cm³/mol. The maximum absolute atomic E-state index is 12.2. The van der Waals surface area contributed by atoms with Crippen molar-refractivity contribution in [2.75, 3.05) is 13.1 Å². The molecule has 2 rings (SSSR count). The molecule has 2 atom stereocenters. The normalized spacial score (nSPS) is 23.1. The molecule has 5 nitrogen and oxygen atoms in total. The van der Waals surface area contributed by atoms with E-state index >= 15 is 0 Å². The van der Waals surface area contributed by atoms with Crippen molar-refractivity contribution in [1.29, 1.82) is 0 Å². The first-order valence-electron chi connectivity index (χ1n) is 5.61. The van der Waals surface area contributed by atoms with E-state index in [1.165, 1.54) is 6.20 Å². The van der Waals surface area contributed by atoms with E-state index in [2.05, 4.69) is 20.9 Å². The van der Waals surface area contributed by atoms with Gasteiger partial charge in [-0.2, -0.15) is 0 Å². The molecule has 2 heterocycles. The smallest absolute Gasteiger partial charge is 0.308 e. The van der Waals surface area contributed by atoms with Gasteiger partial charge >= 0.3 is 5.97 Å². The van der Waals surface area contributed by atoms with E-state index in [1.54, 1.807) is 17.2 Å². The fourth-order valence-electron chi connectivity index (χ4n) is 2.17. The molecule has 0 bridgehead atoms. The Kier molecular flexibility index (Phi) is 3.65. The first kappa shape index (κ1) is 13.0. The number of aliphatic carboxylic acids is 1. The molecule has 1 aromatic heterocycles. The van der Waals surface area contributed by atoms with Crippen LogP contribution < -0.4 is 0 Å². The lowest BCUT2D eigenvalue weighted by atomic mass is 9.99. The summed E-state index contributed by atoms with van der Waals surface area (Å²) in [5.41, 5.74) is 0.475. The summed E-state index contributed by atoms with van der Waals surface area (Å²) in [7, 11) is 0. The topological polar surface area (TPSA) is 70.5 Å². The SMILES string of the molecule is C[C@@H]1CN(C(=O)c2cncc(Br)c2)C[C@H]1C(=O)O. The average molecular weight is 313 g/mol. The van der Waals surface area contributed by atoms with Crippen LogP contribution in [0.1, 0.15) is 17.3 Å². The van der Waals surface area contributed by atoms with Crippen LogP contribution in [0.2, 0.25) is 0 Å². The highest BCUT2D eigenvalue weighted by molar-refractivity contribution is 9.10. The summed E-state index contributed by atoms with van der Waals surface area (Å²) in [6.07, 6.45) is 3.09. The fourth-order valence-corrected chi connectivity index (χ4v) is 2.53. The van der Waals surface area contributed by atoms with Gasteiger partial charge in [0.25, 0.3) is 5.91 Å². The third kappa shape index (κ3) is 2.53. The first-order chi connectivity index (χ1) is 8.49. The fraction of sp³-hybridized carbons (Fsp3) is 0.417. The molecule has 1 aliphatic heterocycles. The van der Waals surface area contributed by atoms with Crippen molar-refractivity contribution in [3.8, 4) is 0 Å². The molecule has 0 radical (unpaired) electrons. The van der Waals surface area contributed by atoms with Gasteiger partial charge in [0, 0.05) is 30.0 Å². The number of carboxylic acids is 1. The summed E-state index contributed by atoms with van der Waals surface area (Å²) < 4.78 is 0.732. The monoisotopic (exact) mass is 312 g/mol. The van der Waals surface area contributed by atoms with Crippen molar-refractivity contribution in [3.05, 3.63) is 28.5 Å². The number of hydrogen-bond donors (Lipinski definition) is 1. The molecule has 0 saturated carbocycles. The van der Waals surface area contributed by atoms with Gasteiger partial charge in [-0.05, 0) is 27.9 Å². The van der Waals surface area contributed by atoms with Gasteiger partial charge in [0.15, 0.2) is 0 Å². The number of carboxylic acid groups (broad SMARTS) is 1. The van der Waals surface area contributed by atoms with Crippen molar-refractivity contribution in [2.24, 2.45) is 11.8 Å². The molecular weight excluding hydrogens is 300 g/mol. The molecule has 6 heteroatoms. The Bertz CT molecular complexity index is 492. The van der Waals surface area contributed by atoms with Crippen LogP contribution >= 0.6 is 15.9 Å². The zero-order valence-corrected chi connectivity index (χ0v) is 11.4. The molecule has 0 aromatic carbocycles. The van der Waals surface area contributed by atoms with Gasteiger partial charge < -0.3 is 10.0 Å². The molecule has 1 amide bonds. The van der Waals surface area contributed by atoms with E-state index in [-0.39, 0.29) is 18.4 Å². The Morgan fingerprint density at radius 1 is 1.44 bits per heavy atom. The second-order valence-electron chi connectivity index (χ2n) is 4.52. The van der Waals surface area contributed by atoms with Crippen molar-refractivity contribution in [1.82, 2.24) is 9.88 Å². The van der Waals surface area contributed by atoms with Crippen LogP contribution in [0.3, 0.4) is 0 Å². The summed E-state index contributed by atoms with van der Waals surface area (Å²) in [6, 6.07) is 1.69. The maximum Gasteiger partial charge on any atom is 0.308 e. The maximum atomic E-state index is 12.2. The third-order valence-corrected chi connectivity index (χ3v) is 3.60. The average Bonchev–Trinajstić information content (AvgIpc) is 2.70. The van der Waals surface area contributed by atoms with Gasteiger partial charge in [0.1, 0.15) is 0 Å². The highest BCUT2D eigenvalue weighted by Crippen LogP contribution is 2.25. The van der Waals surface area contributed by atoms with Crippen LogP contribution in [0, 0.1) is 11.8 Å². The van der Waals surface area contributed by atoms with Gasteiger partial charge in [-0.15, -0.1) is 0 Å². The molecule has 1 saturated heterocycles. The Labute approximate surface area is 113 Å². The molecule has 0 unspecified atom stereocenters. The number of amides is 1. The minimum absolute atomic E-state index is 0.0217. The van der Waals surface area contributed by atoms with Crippen molar-refractivity contribution >= 4 is 27.8 Å². The summed E-state index contributed by atoms with van der Waals surface area (Å²) >= 11 is 3.26. The molecular formula is C12H13BrN2O3. The van der Waals surface area contributed by atoms with E-state index in [9.17, 15) is 9.59 Å². The molecule has 96 valence electrons. The summed E-state index contributed by atoms with van der Waals surface area (Å²) in [5.74, 6) is -1.51. The van der Waals surface area contributed by atoms with E-state index in [0.29, 0.717) is 12.1 Å². The van der Waals surface area contributed by atoms with Gasteiger partial charge in [0.05, 0.1) is 11.5 Å². The number of rotatable bonds is 2. The molecule has 0 spiro atoms. The van der Waals surface area contributed by atoms with Crippen LogP contribution in [0.15, 0.2) is 22.9 Å². The minimum Gasteiger partial charge on any atom is -0.481 e. The molecule has 0 aliphatic carbocycles. The quantitative estimate of drug-likeness (QED) is 0.901. The van der Waals surface area contributed by atoms with E-state index in [0.717, 1.165) is 4.47 Å². The molecule has 1 N–H and O–H groups in total. The molecule has 18 heavy (non-hydrogen) atoms. The Morgan fingerprint density at radius 2 is 2.17 bits per heavy atom. The standard InChI is InChI=1S/C12H13BrN2O3/c1-7-5-15(6-10(7)12(17)18)11(16)8-2-9(13)4-14-3-8/h2-4,7,10H,5-6H2,1H3,(H,17,18)/t7-,10-/m1/s1. The van der Waals surface area contributed by atoms with Crippen LogP contribution in [0.4, 0.5) is 0 Å². The summed E-state index contributed by atoms with van der Waals surface area (Å²) in [5, 5.41) is 9.04. The molecule has 1 fully saturated rings. The number of carbonyl (C=O) groups excluding carboxylic acids is 1. The number of hydrogen-bond acceptors (Lipinski definition) is 3. The highest BCUT2D eigenvalue weighted by atomic mass is 79.9. The van der Waals surface area contributed by atoms with Crippen LogP contribution in [-0.2, 0) is 4.79 Å². The Hall–Kier alpha value is -1.43. The minimum atomic E-state index is -0.842. The second-order valence-corrected chi connectivity index (χ2v) is 5.44. The Morgan fingerprint density at radius 3 is 2.72 bits per heavy atom. The van der Waals surface area contributed by atoms with E-state index < -0.39 is 11.9 Å². The van der Waals surface area contributed by atoms with Crippen LogP contribution in [-0.4, -0.2) is 40.0 Å². The first-order valence-corrected chi connectivity index (χ1v) is 6.41. The lowest BCUT2D eigenvalue weighted by molar-refractivity contribution is -0.142. The number of carbonyl (C=O) groups is 2. The number of likely N-dealkylation sites (tertiary alicyclic amines) is 1. The third-order valence-electron chi connectivity index (χ3n) is 3.17. The highest BCUT2D eigenvalue weighted by Gasteiger charge is 2.37.